The molecule has 1 aromatic heterocycles. The van der Waals surface area contributed by atoms with Crippen LogP contribution in [0.3, 0.4) is 0 Å². The van der Waals surface area contributed by atoms with Gasteiger partial charge in [-0.05, 0) is 42.8 Å². The second-order valence-corrected chi connectivity index (χ2v) is 8.94. The van der Waals surface area contributed by atoms with Gasteiger partial charge in [-0.15, -0.1) is 5.10 Å². The number of alkyl halides is 3. The van der Waals surface area contributed by atoms with Crippen LogP contribution in [-0.4, -0.2) is 38.9 Å². The number of rotatable bonds is 8. The molecule has 4 rings (SSSR count). The number of amides is 2. The Morgan fingerprint density at radius 3 is 2.46 bits per heavy atom. The highest BCUT2D eigenvalue weighted by Crippen LogP contribution is 2.34. The molecule has 182 valence electrons. The summed E-state index contributed by atoms with van der Waals surface area (Å²) in [6.45, 7) is 2.66. The molecular weight excluding hydrogens is 481 g/mol. The lowest BCUT2D eigenvalue weighted by atomic mass is 10.1. The largest absolute Gasteiger partial charge is 0.494 e. The number of carbonyl (C=O) groups excluding carboxylic acids is 2. The van der Waals surface area contributed by atoms with E-state index in [1.165, 1.54) is 18.3 Å². The molecule has 7 nitrogen and oxygen atoms in total. The SMILES string of the molecule is CCCCOc1ccc(N2C(=O)CC(Sc3nncc(-c4ccc(C(F)(F)F)cc4)n3)C2=O)cc1. The van der Waals surface area contributed by atoms with E-state index in [4.69, 9.17) is 4.74 Å². The van der Waals surface area contributed by atoms with Crippen molar-refractivity contribution < 1.29 is 27.5 Å². The summed E-state index contributed by atoms with van der Waals surface area (Å²) in [6.07, 6.45) is -1.20. The second-order valence-electron chi connectivity index (χ2n) is 7.77. The van der Waals surface area contributed by atoms with Crippen molar-refractivity contribution in [3.05, 3.63) is 60.3 Å². The van der Waals surface area contributed by atoms with Crippen molar-refractivity contribution in [2.24, 2.45) is 0 Å². The molecule has 0 aliphatic carbocycles. The van der Waals surface area contributed by atoms with E-state index in [9.17, 15) is 22.8 Å². The summed E-state index contributed by atoms with van der Waals surface area (Å²) in [4.78, 5) is 31.0. The third kappa shape index (κ3) is 5.79. The topological polar surface area (TPSA) is 85.3 Å². The summed E-state index contributed by atoms with van der Waals surface area (Å²) in [6, 6.07) is 11.3. The van der Waals surface area contributed by atoms with Crippen LogP contribution in [0, 0.1) is 0 Å². The molecule has 0 bridgehead atoms. The molecule has 3 aromatic rings. The Balaban J connectivity index is 1.45. The predicted molar refractivity (Wildman–Crippen MR) is 124 cm³/mol. The third-order valence-electron chi connectivity index (χ3n) is 5.26. The fraction of sp³-hybridized carbons (Fsp3) is 0.292. The van der Waals surface area contributed by atoms with Gasteiger partial charge in [0.15, 0.2) is 0 Å². The van der Waals surface area contributed by atoms with Crippen molar-refractivity contribution in [3.63, 3.8) is 0 Å². The average Bonchev–Trinajstić information content (AvgIpc) is 3.12. The lowest BCUT2D eigenvalue weighted by Crippen LogP contribution is -2.31. The predicted octanol–water partition coefficient (Wildman–Crippen LogP) is 5.16. The minimum absolute atomic E-state index is 0.0356. The van der Waals surface area contributed by atoms with E-state index in [2.05, 4.69) is 22.1 Å². The monoisotopic (exact) mass is 502 g/mol. The van der Waals surface area contributed by atoms with Crippen LogP contribution in [0.5, 0.6) is 5.75 Å². The zero-order valence-corrected chi connectivity index (χ0v) is 19.5. The van der Waals surface area contributed by atoms with Crippen molar-refractivity contribution in [3.8, 4) is 17.0 Å². The van der Waals surface area contributed by atoms with E-state index < -0.39 is 22.9 Å². The average molecular weight is 503 g/mol. The van der Waals surface area contributed by atoms with Gasteiger partial charge in [-0.1, -0.05) is 37.2 Å². The smallest absolute Gasteiger partial charge is 0.416 e. The molecule has 2 aromatic carbocycles. The first-order chi connectivity index (χ1) is 16.8. The minimum atomic E-state index is -4.44. The number of anilines is 1. The van der Waals surface area contributed by atoms with Gasteiger partial charge in [0.25, 0.3) is 0 Å². The van der Waals surface area contributed by atoms with E-state index in [1.54, 1.807) is 24.3 Å². The number of thioether (sulfide) groups is 1. The van der Waals surface area contributed by atoms with Crippen molar-refractivity contribution in [2.45, 2.75) is 42.8 Å². The Labute approximate surface area is 203 Å². The molecule has 1 saturated heterocycles. The molecule has 1 atom stereocenters. The first-order valence-corrected chi connectivity index (χ1v) is 11.8. The Bertz CT molecular complexity index is 1200. The van der Waals surface area contributed by atoms with Crippen molar-refractivity contribution >= 4 is 29.3 Å². The lowest BCUT2D eigenvalue weighted by Gasteiger charge is -2.15. The highest BCUT2D eigenvalue weighted by Gasteiger charge is 2.40. The number of nitrogens with zero attached hydrogens (tertiary/aromatic N) is 4. The Kier molecular flexibility index (Phi) is 7.34. The van der Waals surface area contributed by atoms with Gasteiger partial charge in [0, 0.05) is 12.0 Å². The van der Waals surface area contributed by atoms with Crippen LogP contribution in [0.2, 0.25) is 0 Å². The maximum absolute atomic E-state index is 13.0. The van der Waals surface area contributed by atoms with Gasteiger partial charge in [-0.25, -0.2) is 9.88 Å². The molecule has 2 amide bonds. The summed E-state index contributed by atoms with van der Waals surface area (Å²) in [7, 11) is 0. The van der Waals surface area contributed by atoms with Gasteiger partial charge in [-0.2, -0.15) is 18.3 Å². The number of unbranched alkanes of at least 4 members (excludes halogenated alkanes) is 1. The normalized spacial score (nSPS) is 16.1. The third-order valence-corrected chi connectivity index (χ3v) is 6.30. The first-order valence-electron chi connectivity index (χ1n) is 10.9. The standard InChI is InChI=1S/C24H21F3N4O3S/c1-2-3-12-34-18-10-8-17(9-11-18)31-21(32)13-20(22(31)33)35-23-29-19(14-28-30-23)15-4-6-16(7-5-15)24(25,26)27/h4-11,14,20H,2-3,12-13H2,1H3. The summed E-state index contributed by atoms with van der Waals surface area (Å²) < 4.78 is 44.0. The molecule has 0 N–H and O–H groups in total. The number of halogens is 3. The Morgan fingerprint density at radius 2 is 1.80 bits per heavy atom. The molecule has 35 heavy (non-hydrogen) atoms. The van der Waals surface area contributed by atoms with Gasteiger partial charge in [0.05, 0.1) is 29.7 Å². The van der Waals surface area contributed by atoms with Crippen LogP contribution in [0.25, 0.3) is 11.3 Å². The number of aromatic nitrogens is 3. The molecule has 0 saturated carbocycles. The summed E-state index contributed by atoms with van der Waals surface area (Å²) >= 11 is 0.993. The van der Waals surface area contributed by atoms with Crippen LogP contribution in [0.1, 0.15) is 31.7 Å². The maximum atomic E-state index is 13.0. The van der Waals surface area contributed by atoms with Crippen molar-refractivity contribution in [1.82, 2.24) is 15.2 Å². The lowest BCUT2D eigenvalue weighted by molar-refractivity contribution is -0.137. The molecule has 1 fully saturated rings. The number of benzene rings is 2. The highest BCUT2D eigenvalue weighted by molar-refractivity contribution is 8.00. The molecule has 1 aliphatic rings. The van der Waals surface area contributed by atoms with E-state index in [-0.39, 0.29) is 17.5 Å². The number of ether oxygens (including phenoxy) is 1. The van der Waals surface area contributed by atoms with Crippen LogP contribution in [0.15, 0.2) is 59.9 Å². The number of hydrogen-bond donors (Lipinski definition) is 0. The molecule has 2 heterocycles. The van der Waals surface area contributed by atoms with Gasteiger partial charge in [0.2, 0.25) is 17.0 Å². The van der Waals surface area contributed by atoms with Gasteiger partial charge in [-0.3, -0.25) is 9.59 Å². The molecule has 11 heteroatoms. The number of imide groups is 1. The fourth-order valence-corrected chi connectivity index (χ4v) is 4.36. The molecule has 1 aliphatic heterocycles. The molecule has 0 radical (unpaired) electrons. The first kappa shape index (κ1) is 24.6. The van der Waals surface area contributed by atoms with E-state index in [1.807, 2.05) is 0 Å². The molecule has 0 spiro atoms. The quantitative estimate of drug-likeness (QED) is 0.311. The van der Waals surface area contributed by atoms with Crippen LogP contribution >= 0.6 is 11.8 Å². The minimum Gasteiger partial charge on any atom is -0.494 e. The van der Waals surface area contributed by atoms with Crippen LogP contribution < -0.4 is 9.64 Å². The van der Waals surface area contributed by atoms with Gasteiger partial charge in [0.1, 0.15) is 11.0 Å². The summed E-state index contributed by atoms with van der Waals surface area (Å²) in [5.74, 6) is -0.0889. The Morgan fingerprint density at radius 1 is 1.09 bits per heavy atom. The van der Waals surface area contributed by atoms with E-state index in [0.717, 1.165) is 41.6 Å². The fourth-order valence-electron chi connectivity index (χ4n) is 3.43. The van der Waals surface area contributed by atoms with Crippen molar-refractivity contribution in [1.29, 1.82) is 0 Å². The van der Waals surface area contributed by atoms with Gasteiger partial charge < -0.3 is 4.74 Å². The van der Waals surface area contributed by atoms with E-state index >= 15 is 0 Å². The van der Waals surface area contributed by atoms with E-state index in [0.29, 0.717) is 29.3 Å². The van der Waals surface area contributed by atoms with Crippen molar-refractivity contribution in [2.75, 3.05) is 11.5 Å². The van der Waals surface area contributed by atoms with Crippen LogP contribution in [-0.2, 0) is 15.8 Å². The highest BCUT2D eigenvalue weighted by atomic mass is 32.2. The maximum Gasteiger partial charge on any atom is 0.416 e. The zero-order valence-electron chi connectivity index (χ0n) is 18.7. The second kappa shape index (κ2) is 10.4. The number of hydrogen-bond acceptors (Lipinski definition) is 7. The summed E-state index contributed by atoms with van der Waals surface area (Å²) in [5.41, 5.74) is 0.409. The summed E-state index contributed by atoms with van der Waals surface area (Å²) in [5, 5.41) is 7.17. The number of carbonyl (C=O) groups is 2. The van der Waals surface area contributed by atoms with Gasteiger partial charge >= 0.3 is 6.18 Å². The zero-order chi connectivity index (χ0) is 25.0. The Hall–Kier alpha value is -3.47. The molecule has 1 unspecified atom stereocenters. The van der Waals surface area contributed by atoms with Crippen LogP contribution in [0.4, 0.5) is 18.9 Å². The molecular formula is C24H21F3N4O3S.